The summed E-state index contributed by atoms with van der Waals surface area (Å²) in [5.74, 6) is 2.02. The van der Waals surface area contributed by atoms with Crippen LogP contribution >= 0.6 is 0 Å². The Bertz CT molecular complexity index is 548. The number of oxazole rings is 1. The second-order valence-corrected chi connectivity index (χ2v) is 4.19. The highest BCUT2D eigenvalue weighted by Crippen LogP contribution is 2.30. The molecule has 0 aliphatic carbocycles. The Morgan fingerprint density at radius 2 is 2.33 bits per heavy atom. The van der Waals surface area contributed by atoms with Crippen molar-refractivity contribution in [2.45, 2.75) is 19.8 Å². The van der Waals surface area contributed by atoms with Crippen molar-refractivity contribution < 1.29 is 13.9 Å². The average molecular weight is 245 g/mol. The van der Waals surface area contributed by atoms with Crippen LogP contribution in [0, 0.1) is 0 Å². The molecule has 2 aromatic rings. The van der Waals surface area contributed by atoms with Crippen LogP contribution in [0.5, 0.6) is 11.7 Å². The largest absolute Gasteiger partial charge is 0.493 e. The molecule has 4 heteroatoms. The smallest absolute Gasteiger partial charge is 0.305 e. The Balaban J connectivity index is 1.91. The van der Waals surface area contributed by atoms with Crippen LogP contribution in [0.25, 0.3) is 11.5 Å². The van der Waals surface area contributed by atoms with Gasteiger partial charge in [0, 0.05) is 5.56 Å². The van der Waals surface area contributed by atoms with Crippen molar-refractivity contribution in [1.82, 2.24) is 4.98 Å². The van der Waals surface area contributed by atoms with E-state index in [1.807, 2.05) is 19.1 Å². The highest BCUT2D eigenvalue weighted by molar-refractivity contribution is 5.58. The van der Waals surface area contributed by atoms with Gasteiger partial charge in [0.25, 0.3) is 0 Å². The third-order valence-corrected chi connectivity index (χ3v) is 2.93. The van der Waals surface area contributed by atoms with Gasteiger partial charge in [-0.1, -0.05) is 0 Å². The topological polar surface area (TPSA) is 44.5 Å². The number of nitrogens with zero attached hydrogens (tertiary/aromatic N) is 1. The second kappa shape index (κ2) is 4.72. The van der Waals surface area contributed by atoms with Gasteiger partial charge in [-0.2, -0.15) is 0 Å². The minimum Gasteiger partial charge on any atom is -0.493 e. The number of aryl methyl sites for hydroxylation is 1. The zero-order chi connectivity index (χ0) is 12.4. The lowest BCUT2D eigenvalue weighted by Gasteiger charge is -2.17. The number of hydrogen-bond donors (Lipinski definition) is 0. The lowest BCUT2D eigenvalue weighted by molar-refractivity contribution is 0.260. The zero-order valence-electron chi connectivity index (χ0n) is 10.3. The molecule has 1 aliphatic heterocycles. The van der Waals surface area contributed by atoms with Crippen molar-refractivity contribution in [3.63, 3.8) is 0 Å². The molecule has 0 amide bonds. The molecular weight excluding hydrogens is 230 g/mol. The first kappa shape index (κ1) is 11.1. The molecule has 0 saturated heterocycles. The molecule has 0 bridgehead atoms. The van der Waals surface area contributed by atoms with Crippen LogP contribution in [-0.2, 0) is 6.42 Å². The van der Waals surface area contributed by atoms with E-state index in [0.717, 1.165) is 30.8 Å². The molecule has 3 rings (SSSR count). The summed E-state index contributed by atoms with van der Waals surface area (Å²) in [5, 5.41) is 0. The summed E-state index contributed by atoms with van der Waals surface area (Å²) in [6.45, 7) is 3.30. The predicted octanol–water partition coefficient (Wildman–Crippen LogP) is 3.07. The van der Waals surface area contributed by atoms with Gasteiger partial charge in [-0.25, -0.2) is 4.98 Å². The number of aromatic nitrogens is 1. The Morgan fingerprint density at radius 3 is 3.22 bits per heavy atom. The van der Waals surface area contributed by atoms with E-state index in [1.54, 1.807) is 6.20 Å². The fraction of sp³-hybridized carbons (Fsp3) is 0.357. The van der Waals surface area contributed by atoms with Gasteiger partial charge in [-0.15, -0.1) is 0 Å². The Morgan fingerprint density at radius 1 is 1.39 bits per heavy atom. The van der Waals surface area contributed by atoms with Gasteiger partial charge in [0.1, 0.15) is 11.9 Å². The van der Waals surface area contributed by atoms with E-state index >= 15 is 0 Å². The van der Waals surface area contributed by atoms with Gasteiger partial charge >= 0.3 is 5.95 Å². The summed E-state index contributed by atoms with van der Waals surface area (Å²) in [5.41, 5.74) is 2.18. The summed E-state index contributed by atoms with van der Waals surface area (Å²) in [6.07, 6.45) is 3.71. The van der Waals surface area contributed by atoms with E-state index < -0.39 is 0 Å². The van der Waals surface area contributed by atoms with Crippen LogP contribution in [0.1, 0.15) is 18.9 Å². The fourth-order valence-corrected chi connectivity index (χ4v) is 2.10. The summed E-state index contributed by atoms with van der Waals surface area (Å²) >= 11 is 0. The number of ether oxygens (including phenoxy) is 2. The quantitative estimate of drug-likeness (QED) is 0.833. The highest BCUT2D eigenvalue weighted by Gasteiger charge is 2.13. The van der Waals surface area contributed by atoms with E-state index in [9.17, 15) is 0 Å². The molecule has 0 N–H and O–H groups in total. The van der Waals surface area contributed by atoms with E-state index in [0.29, 0.717) is 18.4 Å². The molecule has 0 saturated carbocycles. The van der Waals surface area contributed by atoms with Gasteiger partial charge in [0.05, 0.1) is 13.2 Å². The Labute approximate surface area is 106 Å². The summed E-state index contributed by atoms with van der Waals surface area (Å²) in [7, 11) is 0. The predicted molar refractivity (Wildman–Crippen MR) is 66.9 cm³/mol. The molecule has 18 heavy (non-hydrogen) atoms. The van der Waals surface area contributed by atoms with Crippen molar-refractivity contribution in [1.29, 1.82) is 0 Å². The monoisotopic (exact) mass is 245 g/mol. The van der Waals surface area contributed by atoms with Gasteiger partial charge < -0.3 is 13.9 Å². The number of benzene rings is 1. The molecule has 1 aromatic heterocycles. The first-order chi connectivity index (χ1) is 8.86. The van der Waals surface area contributed by atoms with Crippen molar-refractivity contribution in [2.24, 2.45) is 0 Å². The molecule has 4 nitrogen and oxygen atoms in total. The SMILES string of the molecule is CCOc1cnc(-c2ccc3c(c2)CCCO3)o1. The van der Waals surface area contributed by atoms with E-state index in [-0.39, 0.29) is 0 Å². The fourth-order valence-electron chi connectivity index (χ4n) is 2.10. The van der Waals surface area contributed by atoms with Crippen LogP contribution in [0.2, 0.25) is 0 Å². The summed E-state index contributed by atoms with van der Waals surface area (Å²) < 4.78 is 16.4. The zero-order valence-corrected chi connectivity index (χ0v) is 10.3. The molecular formula is C14H15NO3. The minimum absolute atomic E-state index is 0.460. The van der Waals surface area contributed by atoms with Crippen LogP contribution in [0.15, 0.2) is 28.8 Å². The molecule has 1 aromatic carbocycles. The van der Waals surface area contributed by atoms with Crippen molar-refractivity contribution in [3.8, 4) is 23.1 Å². The molecule has 0 spiro atoms. The molecule has 1 aliphatic rings. The van der Waals surface area contributed by atoms with E-state index in [2.05, 4.69) is 11.1 Å². The van der Waals surface area contributed by atoms with Crippen LogP contribution in [-0.4, -0.2) is 18.2 Å². The van der Waals surface area contributed by atoms with Gasteiger partial charge in [0.2, 0.25) is 5.89 Å². The maximum absolute atomic E-state index is 5.58. The van der Waals surface area contributed by atoms with Crippen LogP contribution < -0.4 is 9.47 Å². The minimum atomic E-state index is 0.460. The highest BCUT2D eigenvalue weighted by atomic mass is 16.6. The van der Waals surface area contributed by atoms with Crippen LogP contribution in [0.4, 0.5) is 0 Å². The van der Waals surface area contributed by atoms with Gasteiger partial charge in [-0.3, -0.25) is 0 Å². The Hall–Kier alpha value is -1.97. The third-order valence-electron chi connectivity index (χ3n) is 2.93. The van der Waals surface area contributed by atoms with Crippen LogP contribution in [0.3, 0.4) is 0 Å². The van der Waals surface area contributed by atoms with Crippen molar-refractivity contribution in [3.05, 3.63) is 30.0 Å². The lowest BCUT2D eigenvalue weighted by Crippen LogP contribution is -2.07. The molecule has 2 heterocycles. The maximum atomic E-state index is 5.58. The number of rotatable bonds is 3. The summed E-state index contributed by atoms with van der Waals surface area (Å²) in [6, 6.07) is 6.02. The van der Waals surface area contributed by atoms with E-state index in [4.69, 9.17) is 13.9 Å². The average Bonchev–Trinajstić information content (AvgIpc) is 2.87. The first-order valence-corrected chi connectivity index (χ1v) is 6.21. The Kier molecular flexibility index (Phi) is 2.92. The summed E-state index contributed by atoms with van der Waals surface area (Å²) in [4.78, 5) is 4.22. The molecule has 0 radical (unpaired) electrons. The van der Waals surface area contributed by atoms with Crippen molar-refractivity contribution >= 4 is 0 Å². The normalized spacial score (nSPS) is 13.8. The maximum Gasteiger partial charge on any atom is 0.305 e. The van der Waals surface area contributed by atoms with Gasteiger partial charge in [0.15, 0.2) is 0 Å². The molecule has 0 atom stereocenters. The third kappa shape index (κ3) is 2.06. The molecule has 0 unspecified atom stereocenters. The number of fused-ring (bicyclic) bond motifs is 1. The van der Waals surface area contributed by atoms with E-state index in [1.165, 1.54) is 5.56 Å². The molecule has 0 fully saturated rings. The molecule has 94 valence electrons. The van der Waals surface area contributed by atoms with Crippen molar-refractivity contribution in [2.75, 3.05) is 13.2 Å². The second-order valence-electron chi connectivity index (χ2n) is 4.19. The van der Waals surface area contributed by atoms with Gasteiger partial charge in [-0.05, 0) is 43.5 Å². The standard InChI is InChI=1S/C14H15NO3/c1-2-16-13-9-15-14(18-13)11-5-6-12-10(8-11)4-3-7-17-12/h5-6,8-9H,2-4,7H2,1H3. The lowest BCUT2D eigenvalue weighted by atomic mass is 10.0. The first-order valence-electron chi connectivity index (χ1n) is 6.21. The number of hydrogen-bond acceptors (Lipinski definition) is 4.